The van der Waals surface area contributed by atoms with Crippen LogP contribution in [-0.4, -0.2) is 34.0 Å². The Morgan fingerprint density at radius 2 is 2.04 bits per heavy atom. The van der Waals surface area contributed by atoms with Gasteiger partial charge < -0.3 is 9.57 Å². The first-order valence-corrected chi connectivity index (χ1v) is 8.37. The van der Waals surface area contributed by atoms with Crippen molar-refractivity contribution in [3.8, 4) is 0 Å². The number of hydrogen-bond donors (Lipinski definition) is 0. The third-order valence-electron chi connectivity index (χ3n) is 4.31. The van der Waals surface area contributed by atoms with Crippen LogP contribution in [0.25, 0.3) is 21.9 Å². The van der Waals surface area contributed by atoms with Crippen molar-refractivity contribution in [2.24, 2.45) is 0 Å². The third kappa shape index (κ3) is 2.65. The summed E-state index contributed by atoms with van der Waals surface area (Å²) in [5.41, 5.74) is 2.91. The zero-order valence-electron chi connectivity index (χ0n) is 13.4. The fraction of sp³-hybridized carbons (Fsp3) is 0.444. The molecule has 1 aliphatic rings. The molecule has 0 radical (unpaired) electrons. The highest BCUT2D eigenvalue weighted by Crippen LogP contribution is 2.25. The average Bonchev–Trinajstić information content (AvgIpc) is 2.94. The van der Waals surface area contributed by atoms with Gasteiger partial charge in [-0.2, -0.15) is 4.73 Å². The number of aromatic nitrogens is 3. The van der Waals surface area contributed by atoms with Gasteiger partial charge in [0.1, 0.15) is 23.0 Å². The van der Waals surface area contributed by atoms with Crippen molar-refractivity contribution in [3.05, 3.63) is 36.3 Å². The van der Waals surface area contributed by atoms with Gasteiger partial charge in [0.25, 0.3) is 0 Å². The number of para-hydroxylation sites is 1. The van der Waals surface area contributed by atoms with Crippen LogP contribution in [0.1, 0.15) is 32.0 Å². The average molecular weight is 311 g/mol. The van der Waals surface area contributed by atoms with Gasteiger partial charge in [0.2, 0.25) is 0 Å². The fourth-order valence-corrected chi connectivity index (χ4v) is 3.15. The predicted molar refractivity (Wildman–Crippen MR) is 89.5 cm³/mol. The Bertz CT molecular complexity index is 822. The highest BCUT2D eigenvalue weighted by molar-refractivity contribution is 6.02. The lowest BCUT2D eigenvalue weighted by Crippen LogP contribution is -2.32. The van der Waals surface area contributed by atoms with E-state index >= 15 is 0 Å². The van der Waals surface area contributed by atoms with Gasteiger partial charge in [0, 0.05) is 24.6 Å². The van der Waals surface area contributed by atoms with Crippen molar-refractivity contribution in [2.45, 2.75) is 38.7 Å². The minimum atomic E-state index is 0.184. The van der Waals surface area contributed by atoms with Crippen LogP contribution in [0.2, 0.25) is 0 Å². The van der Waals surface area contributed by atoms with E-state index in [9.17, 15) is 0 Å². The molecule has 0 atom stereocenters. The first-order valence-electron chi connectivity index (χ1n) is 8.37. The molecule has 0 amide bonds. The Labute approximate surface area is 135 Å². The van der Waals surface area contributed by atoms with Gasteiger partial charge in [-0.15, -0.1) is 0 Å². The summed E-state index contributed by atoms with van der Waals surface area (Å²) in [6, 6.07) is 8.16. The van der Waals surface area contributed by atoms with E-state index in [-0.39, 0.29) is 6.10 Å². The van der Waals surface area contributed by atoms with Gasteiger partial charge >= 0.3 is 0 Å². The number of rotatable bonds is 4. The molecule has 120 valence electrons. The van der Waals surface area contributed by atoms with Crippen molar-refractivity contribution in [3.63, 3.8) is 0 Å². The van der Waals surface area contributed by atoms with Crippen LogP contribution in [0.5, 0.6) is 0 Å². The molecule has 3 aromatic rings. The van der Waals surface area contributed by atoms with E-state index < -0.39 is 0 Å². The molecule has 0 saturated carbocycles. The van der Waals surface area contributed by atoms with Gasteiger partial charge in [-0.1, -0.05) is 25.1 Å². The normalized spacial score (nSPS) is 16.2. The van der Waals surface area contributed by atoms with Crippen molar-refractivity contribution < 1.29 is 9.57 Å². The Morgan fingerprint density at radius 1 is 1.22 bits per heavy atom. The van der Waals surface area contributed by atoms with Gasteiger partial charge in [0.05, 0.1) is 24.9 Å². The number of hydrogen-bond acceptors (Lipinski definition) is 4. The van der Waals surface area contributed by atoms with E-state index in [1.165, 1.54) is 0 Å². The molecule has 1 aliphatic heterocycles. The molecule has 3 heterocycles. The Kier molecular flexibility index (Phi) is 3.87. The van der Waals surface area contributed by atoms with Crippen molar-refractivity contribution >= 4 is 21.9 Å². The summed E-state index contributed by atoms with van der Waals surface area (Å²) in [5, 5.41) is 1.09. The summed E-state index contributed by atoms with van der Waals surface area (Å²) in [5.74, 6) is 0.979. The molecule has 5 nitrogen and oxygen atoms in total. The van der Waals surface area contributed by atoms with Crippen molar-refractivity contribution in [1.82, 2.24) is 14.7 Å². The molecule has 0 unspecified atom stereocenters. The Hall–Kier alpha value is -2.14. The lowest BCUT2D eigenvalue weighted by molar-refractivity contribution is -0.0368. The largest absolute Gasteiger partial charge is 0.409 e. The molecule has 2 aromatic heterocycles. The summed E-state index contributed by atoms with van der Waals surface area (Å²) in [4.78, 5) is 15.6. The summed E-state index contributed by atoms with van der Waals surface area (Å²) >= 11 is 0. The number of benzene rings is 1. The second kappa shape index (κ2) is 6.16. The van der Waals surface area contributed by atoms with E-state index in [0.29, 0.717) is 0 Å². The third-order valence-corrected chi connectivity index (χ3v) is 4.31. The maximum atomic E-state index is 6.35. The van der Waals surface area contributed by atoms with Gasteiger partial charge in [0.15, 0.2) is 0 Å². The van der Waals surface area contributed by atoms with Crippen LogP contribution < -0.4 is 4.84 Å². The molecule has 0 aliphatic carbocycles. The standard InChI is InChI=1S/C18H21N3O2/c1-2-5-17-20-16-12-19-15-7-4-3-6-14(15)18(16)21(17)23-13-8-10-22-11-9-13/h3-4,6-7,12-13H,2,5,8-11H2,1H3. The molecule has 0 spiro atoms. The molecular formula is C18H21N3O2. The summed E-state index contributed by atoms with van der Waals surface area (Å²) < 4.78 is 7.40. The molecule has 5 heteroatoms. The van der Waals surface area contributed by atoms with E-state index in [2.05, 4.69) is 18.0 Å². The van der Waals surface area contributed by atoms with Crippen molar-refractivity contribution in [1.29, 1.82) is 0 Å². The maximum Gasteiger partial charge on any atom is 0.146 e. The van der Waals surface area contributed by atoms with E-state index in [4.69, 9.17) is 14.6 Å². The van der Waals surface area contributed by atoms with Gasteiger partial charge in [-0.25, -0.2) is 4.98 Å². The highest BCUT2D eigenvalue weighted by atomic mass is 16.7. The topological polar surface area (TPSA) is 49.2 Å². The van der Waals surface area contributed by atoms with Crippen LogP contribution in [-0.2, 0) is 11.2 Å². The fourth-order valence-electron chi connectivity index (χ4n) is 3.15. The van der Waals surface area contributed by atoms with E-state index in [1.54, 1.807) is 0 Å². The van der Waals surface area contributed by atoms with E-state index in [0.717, 1.165) is 66.7 Å². The molecule has 4 rings (SSSR count). The van der Waals surface area contributed by atoms with Gasteiger partial charge in [-0.05, 0) is 12.5 Å². The minimum Gasteiger partial charge on any atom is -0.409 e. The monoisotopic (exact) mass is 311 g/mol. The van der Waals surface area contributed by atoms with Crippen LogP contribution in [0.15, 0.2) is 30.5 Å². The second-order valence-electron chi connectivity index (χ2n) is 6.00. The molecule has 23 heavy (non-hydrogen) atoms. The first kappa shape index (κ1) is 14.5. The van der Waals surface area contributed by atoms with Crippen LogP contribution in [0.4, 0.5) is 0 Å². The smallest absolute Gasteiger partial charge is 0.146 e. The molecule has 0 N–H and O–H groups in total. The predicted octanol–water partition coefficient (Wildman–Crippen LogP) is 3.14. The number of pyridine rings is 1. The van der Waals surface area contributed by atoms with Crippen LogP contribution in [0.3, 0.4) is 0 Å². The molecular weight excluding hydrogens is 290 g/mol. The number of aryl methyl sites for hydroxylation is 1. The first-order chi connectivity index (χ1) is 11.4. The summed E-state index contributed by atoms with van der Waals surface area (Å²) in [7, 11) is 0. The number of nitrogens with zero attached hydrogens (tertiary/aromatic N) is 3. The van der Waals surface area contributed by atoms with Gasteiger partial charge in [-0.3, -0.25) is 4.98 Å². The zero-order chi connectivity index (χ0) is 15.6. The zero-order valence-corrected chi connectivity index (χ0v) is 13.4. The lowest BCUT2D eigenvalue weighted by atomic mass is 10.2. The van der Waals surface area contributed by atoms with E-state index in [1.807, 2.05) is 29.1 Å². The SMILES string of the molecule is CCCc1nc2cnc3ccccc3c2n1OC1CCOCC1. The number of ether oxygens (including phenoxy) is 1. The maximum absolute atomic E-state index is 6.35. The molecule has 0 bridgehead atoms. The lowest BCUT2D eigenvalue weighted by Gasteiger charge is -2.24. The Balaban J connectivity index is 1.86. The second-order valence-corrected chi connectivity index (χ2v) is 6.00. The minimum absolute atomic E-state index is 0.184. The summed E-state index contributed by atoms with van der Waals surface area (Å²) in [6.45, 7) is 3.69. The molecule has 1 fully saturated rings. The highest BCUT2D eigenvalue weighted by Gasteiger charge is 2.20. The number of imidazole rings is 1. The number of fused-ring (bicyclic) bond motifs is 3. The van der Waals surface area contributed by atoms with Crippen LogP contribution >= 0.6 is 0 Å². The van der Waals surface area contributed by atoms with Crippen molar-refractivity contribution in [2.75, 3.05) is 13.2 Å². The molecule has 1 saturated heterocycles. The summed E-state index contributed by atoms with van der Waals surface area (Å²) in [6.07, 6.45) is 5.81. The Morgan fingerprint density at radius 3 is 2.87 bits per heavy atom. The quantitative estimate of drug-likeness (QED) is 0.743. The van der Waals surface area contributed by atoms with Crippen LogP contribution in [0, 0.1) is 0 Å². The molecule has 1 aromatic carbocycles.